The summed E-state index contributed by atoms with van der Waals surface area (Å²) in [6.45, 7) is 1.78. The van der Waals surface area contributed by atoms with E-state index in [0.717, 1.165) is 19.6 Å². The zero-order chi connectivity index (χ0) is 14.3. The molecule has 120 valence electrons. The predicted octanol–water partition coefficient (Wildman–Crippen LogP) is 5.87. The van der Waals surface area contributed by atoms with E-state index in [0.29, 0.717) is 0 Å². The summed E-state index contributed by atoms with van der Waals surface area (Å²) in [4.78, 5) is 0. The van der Waals surface area contributed by atoms with Crippen LogP contribution >= 0.6 is 22.6 Å². The molecular formula is C17H33IO2. The van der Waals surface area contributed by atoms with Crippen molar-refractivity contribution in [3.63, 3.8) is 0 Å². The summed E-state index contributed by atoms with van der Waals surface area (Å²) in [6.07, 6.45) is 17.6. The quantitative estimate of drug-likeness (QED) is 0.220. The van der Waals surface area contributed by atoms with Gasteiger partial charge in [0, 0.05) is 13.2 Å². The van der Waals surface area contributed by atoms with E-state index in [2.05, 4.69) is 22.6 Å². The molecule has 1 atom stereocenters. The monoisotopic (exact) mass is 396 g/mol. The van der Waals surface area contributed by atoms with Crippen molar-refractivity contribution in [2.24, 2.45) is 0 Å². The van der Waals surface area contributed by atoms with E-state index in [9.17, 15) is 0 Å². The standard InChI is InChI=1S/C17H33IO2/c18-14-10-7-5-3-1-2-4-6-8-11-15-19-17-13-9-12-16-20-17/h17H,1-16H2/t17-/m0/s1. The van der Waals surface area contributed by atoms with Crippen LogP contribution in [-0.4, -0.2) is 23.9 Å². The lowest BCUT2D eigenvalue weighted by molar-refractivity contribution is -0.162. The molecule has 1 aliphatic rings. The van der Waals surface area contributed by atoms with Gasteiger partial charge in [0.15, 0.2) is 6.29 Å². The Labute approximate surface area is 139 Å². The molecule has 0 radical (unpaired) electrons. The number of hydrogen-bond acceptors (Lipinski definition) is 2. The molecule has 0 N–H and O–H groups in total. The van der Waals surface area contributed by atoms with Crippen LogP contribution in [0.3, 0.4) is 0 Å². The molecule has 1 fully saturated rings. The van der Waals surface area contributed by atoms with Crippen LogP contribution < -0.4 is 0 Å². The molecule has 0 saturated carbocycles. The summed E-state index contributed by atoms with van der Waals surface area (Å²) in [6, 6.07) is 0. The van der Waals surface area contributed by atoms with Gasteiger partial charge in [-0.25, -0.2) is 0 Å². The van der Waals surface area contributed by atoms with E-state index in [1.54, 1.807) is 0 Å². The van der Waals surface area contributed by atoms with Gasteiger partial charge < -0.3 is 9.47 Å². The predicted molar refractivity (Wildman–Crippen MR) is 94.6 cm³/mol. The van der Waals surface area contributed by atoms with Crippen LogP contribution in [0.25, 0.3) is 0 Å². The van der Waals surface area contributed by atoms with E-state index >= 15 is 0 Å². The SMILES string of the molecule is ICCCCCCCCCCCCO[C@@H]1CCCCO1. The van der Waals surface area contributed by atoms with Crippen LogP contribution in [0.5, 0.6) is 0 Å². The van der Waals surface area contributed by atoms with Crippen LogP contribution in [-0.2, 0) is 9.47 Å². The highest BCUT2D eigenvalue weighted by Crippen LogP contribution is 2.15. The third-order valence-electron chi connectivity index (χ3n) is 3.97. The minimum Gasteiger partial charge on any atom is -0.353 e. The van der Waals surface area contributed by atoms with Gasteiger partial charge in [0.05, 0.1) is 0 Å². The molecule has 3 heteroatoms. The van der Waals surface area contributed by atoms with Crippen molar-refractivity contribution in [1.29, 1.82) is 0 Å². The van der Waals surface area contributed by atoms with Crippen molar-refractivity contribution >= 4 is 22.6 Å². The Morgan fingerprint density at radius 2 is 1.40 bits per heavy atom. The van der Waals surface area contributed by atoms with Crippen molar-refractivity contribution in [2.75, 3.05) is 17.6 Å². The summed E-state index contributed by atoms with van der Waals surface area (Å²) < 4.78 is 12.6. The molecule has 1 heterocycles. The fraction of sp³-hybridized carbons (Fsp3) is 1.00. The zero-order valence-corrected chi connectivity index (χ0v) is 15.2. The van der Waals surface area contributed by atoms with Crippen molar-refractivity contribution in [2.45, 2.75) is 89.8 Å². The molecule has 2 nitrogen and oxygen atoms in total. The molecule has 0 bridgehead atoms. The highest BCUT2D eigenvalue weighted by Gasteiger charge is 2.13. The summed E-state index contributed by atoms with van der Waals surface area (Å²) in [7, 11) is 0. The first kappa shape index (κ1) is 18.7. The molecule has 0 aromatic heterocycles. The van der Waals surface area contributed by atoms with E-state index in [-0.39, 0.29) is 6.29 Å². The van der Waals surface area contributed by atoms with Crippen molar-refractivity contribution in [1.82, 2.24) is 0 Å². The Bertz CT molecular complexity index is 193. The Morgan fingerprint density at radius 1 is 0.800 bits per heavy atom. The van der Waals surface area contributed by atoms with Gasteiger partial charge in [-0.1, -0.05) is 74.0 Å². The number of rotatable bonds is 13. The summed E-state index contributed by atoms with van der Waals surface area (Å²) in [5, 5.41) is 0. The van der Waals surface area contributed by atoms with E-state index in [1.165, 1.54) is 81.5 Å². The largest absolute Gasteiger partial charge is 0.353 e. The van der Waals surface area contributed by atoms with Crippen LogP contribution in [0.2, 0.25) is 0 Å². The molecule has 1 rings (SSSR count). The van der Waals surface area contributed by atoms with Crippen LogP contribution in [0.1, 0.15) is 83.5 Å². The number of ether oxygens (including phenoxy) is 2. The molecule has 1 saturated heterocycles. The van der Waals surface area contributed by atoms with Gasteiger partial charge >= 0.3 is 0 Å². The highest BCUT2D eigenvalue weighted by atomic mass is 127. The first-order chi connectivity index (χ1) is 9.93. The van der Waals surface area contributed by atoms with E-state index in [1.807, 2.05) is 0 Å². The lowest BCUT2D eigenvalue weighted by Gasteiger charge is -2.22. The lowest BCUT2D eigenvalue weighted by atomic mass is 10.1. The number of halogens is 1. The molecule has 0 unspecified atom stereocenters. The molecule has 0 aliphatic carbocycles. The van der Waals surface area contributed by atoms with Crippen molar-refractivity contribution < 1.29 is 9.47 Å². The highest BCUT2D eigenvalue weighted by molar-refractivity contribution is 14.1. The van der Waals surface area contributed by atoms with Gasteiger partial charge in [-0.15, -0.1) is 0 Å². The number of hydrogen-bond donors (Lipinski definition) is 0. The average molecular weight is 396 g/mol. The molecule has 0 aromatic rings. The Morgan fingerprint density at radius 3 is 1.95 bits per heavy atom. The second-order valence-corrected chi connectivity index (χ2v) is 6.97. The Balaban J connectivity index is 1.70. The van der Waals surface area contributed by atoms with E-state index in [4.69, 9.17) is 9.47 Å². The van der Waals surface area contributed by atoms with E-state index < -0.39 is 0 Å². The molecule has 0 spiro atoms. The summed E-state index contributed by atoms with van der Waals surface area (Å²) in [5.74, 6) is 0. The van der Waals surface area contributed by atoms with Crippen LogP contribution in [0, 0.1) is 0 Å². The summed E-state index contributed by atoms with van der Waals surface area (Å²) in [5.41, 5.74) is 0. The van der Waals surface area contributed by atoms with Gasteiger partial charge in [-0.05, 0) is 36.5 Å². The fourth-order valence-electron chi connectivity index (χ4n) is 2.67. The number of alkyl halides is 1. The first-order valence-electron chi connectivity index (χ1n) is 8.72. The van der Waals surface area contributed by atoms with Gasteiger partial charge in [0.1, 0.15) is 0 Å². The zero-order valence-electron chi connectivity index (χ0n) is 13.1. The third kappa shape index (κ3) is 11.3. The topological polar surface area (TPSA) is 18.5 Å². The smallest absolute Gasteiger partial charge is 0.157 e. The van der Waals surface area contributed by atoms with Crippen LogP contribution in [0.15, 0.2) is 0 Å². The van der Waals surface area contributed by atoms with Gasteiger partial charge in [-0.2, -0.15) is 0 Å². The van der Waals surface area contributed by atoms with Crippen molar-refractivity contribution in [3.05, 3.63) is 0 Å². The first-order valence-corrected chi connectivity index (χ1v) is 10.2. The maximum Gasteiger partial charge on any atom is 0.157 e. The molecule has 0 aromatic carbocycles. The number of unbranched alkanes of at least 4 members (excludes halogenated alkanes) is 9. The van der Waals surface area contributed by atoms with Crippen LogP contribution in [0.4, 0.5) is 0 Å². The Kier molecular flexibility index (Phi) is 13.6. The second-order valence-electron chi connectivity index (χ2n) is 5.89. The maximum atomic E-state index is 5.74. The lowest BCUT2D eigenvalue weighted by Crippen LogP contribution is -2.22. The van der Waals surface area contributed by atoms with Gasteiger partial charge in [0.25, 0.3) is 0 Å². The normalized spacial score (nSPS) is 19.4. The maximum absolute atomic E-state index is 5.74. The second kappa shape index (κ2) is 14.6. The summed E-state index contributed by atoms with van der Waals surface area (Å²) >= 11 is 2.47. The Hall–Kier alpha value is 0.650. The van der Waals surface area contributed by atoms with Gasteiger partial charge in [-0.3, -0.25) is 0 Å². The molecular weight excluding hydrogens is 363 g/mol. The average Bonchev–Trinajstić information content (AvgIpc) is 2.49. The minimum atomic E-state index is 0.103. The molecule has 1 aliphatic heterocycles. The fourth-order valence-corrected chi connectivity index (χ4v) is 3.21. The van der Waals surface area contributed by atoms with Crippen molar-refractivity contribution in [3.8, 4) is 0 Å². The molecule has 20 heavy (non-hydrogen) atoms. The minimum absolute atomic E-state index is 0.103. The third-order valence-corrected chi connectivity index (χ3v) is 4.73. The molecule has 0 amide bonds. The van der Waals surface area contributed by atoms with Gasteiger partial charge in [0.2, 0.25) is 0 Å².